The molecule has 4 rings (SSSR count). The second kappa shape index (κ2) is 3.99. The van der Waals surface area contributed by atoms with Gasteiger partial charge in [0.25, 0.3) is 0 Å². The summed E-state index contributed by atoms with van der Waals surface area (Å²) in [6.45, 7) is 0. The Kier molecular flexibility index (Phi) is 2.18. The largest absolute Gasteiger partial charge is 0.325 e. The van der Waals surface area contributed by atoms with Crippen LogP contribution in [0.1, 0.15) is 17.2 Å². The Balaban J connectivity index is 1.96. The summed E-state index contributed by atoms with van der Waals surface area (Å²) in [5, 5.41) is 3.37. The molecular weight excluding hydrogens is 234 g/mol. The van der Waals surface area contributed by atoms with Crippen LogP contribution in [0.2, 0.25) is 0 Å². The Labute approximate surface area is 111 Å². The zero-order valence-electron chi connectivity index (χ0n) is 10.3. The third kappa shape index (κ3) is 1.55. The van der Waals surface area contributed by atoms with Crippen molar-refractivity contribution in [1.29, 1.82) is 0 Å². The maximum absolute atomic E-state index is 4.38. The van der Waals surface area contributed by atoms with Gasteiger partial charge in [-0.25, -0.2) is 4.98 Å². The molecule has 1 unspecified atom stereocenters. The van der Waals surface area contributed by atoms with Gasteiger partial charge in [0.1, 0.15) is 0 Å². The SMILES string of the molecule is c1ccc(C2c3ccccc3Nc3nccn32)cc1. The van der Waals surface area contributed by atoms with Crippen LogP contribution < -0.4 is 5.32 Å². The molecule has 3 aromatic rings. The van der Waals surface area contributed by atoms with E-state index in [1.54, 1.807) is 0 Å². The summed E-state index contributed by atoms with van der Waals surface area (Å²) in [4.78, 5) is 4.38. The molecule has 0 spiro atoms. The smallest absolute Gasteiger partial charge is 0.208 e. The second-order valence-electron chi connectivity index (χ2n) is 4.68. The van der Waals surface area contributed by atoms with E-state index in [1.807, 2.05) is 24.5 Å². The topological polar surface area (TPSA) is 29.9 Å². The fourth-order valence-electron chi connectivity index (χ4n) is 2.71. The number of para-hydroxylation sites is 1. The minimum Gasteiger partial charge on any atom is -0.325 e. The van der Waals surface area contributed by atoms with Crippen LogP contribution in [0.25, 0.3) is 0 Å². The minimum absolute atomic E-state index is 0.191. The van der Waals surface area contributed by atoms with Crippen LogP contribution in [0.3, 0.4) is 0 Å². The number of hydrogen-bond donors (Lipinski definition) is 1. The van der Waals surface area contributed by atoms with Crippen molar-refractivity contribution in [2.45, 2.75) is 6.04 Å². The Bertz CT molecular complexity index is 716. The fourth-order valence-corrected chi connectivity index (χ4v) is 2.71. The van der Waals surface area contributed by atoms with Crippen molar-refractivity contribution in [3.63, 3.8) is 0 Å². The van der Waals surface area contributed by atoms with E-state index in [2.05, 4.69) is 57.3 Å². The van der Waals surface area contributed by atoms with Gasteiger partial charge in [0, 0.05) is 23.6 Å². The lowest BCUT2D eigenvalue weighted by Crippen LogP contribution is -2.20. The summed E-state index contributed by atoms with van der Waals surface area (Å²) >= 11 is 0. The number of anilines is 2. The average Bonchev–Trinajstić information content (AvgIpc) is 2.93. The quantitative estimate of drug-likeness (QED) is 0.557. The molecule has 1 aromatic heterocycles. The number of nitrogens with zero attached hydrogens (tertiary/aromatic N) is 2. The molecule has 2 aromatic carbocycles. The molecule has 0 bridgehead atoms. The van der Waals surface area contributed by atoms with Crippen LogP contribution in [-0.4, -0.2) is 9.55 Å². The van der Waals surface area contributed by atoms with Crippen LogP contribution >= 0.6 is 0 Å². The standard InChI is InChI=1S/C16H13N3/c1-2-6-12(7-3-1)15-13-8-4-5-9-14(13)18-16-17-10-11-19(15)16/h1-11,15H,(H,17,18). The van der Waals surface area contributed by atoms with Gasteiger partial charge in [-0.05, 0) is 11.6 Å². The van der Waals surface area contributed by atoms with Gasteiger partial charge >= 0.3 is 0 Å². The first-order valence-corrected chi connectivity index (χ1v) is 6.37. The predicted molar refractivity (Wildman–Crippen MR) is 75.6 cm³/mol. The third-order valence-corrected chi connectivity index (χ3v) is 3.56. The van der Waals surface area contributed by atoms with Gasteiger partial charge in [-0.2, -0.15) is 0 Å². The van der Waals surface area contributed by atoms with Crippen molar-refractivity contribution in [3.05, 3.63) is 78.1 Å². The number of rotatable bonds is 1. The van der Waals surface area contributed by atoms with Crippen molar-refractivity contribution < 1.29 is 0 Å². The molecule has 1 atom stereocenters. The van der Waals surface area contributed by atoms with Crippen LogP contribution in [0.5, 0.6) is 0 Å². The Hall–Kier alpha value is -2.55. The number of fused-ring (bicyclic) bond motifs is 2. The van der Waals surface area contributed by atoms with Gasteiger partial charge in [0.05, 0.1) is 6.04 Å². The highest BCUT2D eigenvalue weighted by Gasteiger charge is 2.25. The Morgan fingerprint density at radius 3 is 2.63 bits per heavy atom. The van der Waals surface area contributed by atoms with E-state index in [0.29, 0.717) is 0 Å². The highest BCUT2D eigenvalue weighted by Crippen LogP contribution is 2.38. The molecule has 0 saturated heterocycles. The number of imidazole rings is 1. The van der Waals surface area contributed by atoms with Crippen molar-refractivity contribution >= 4 is 11.6 Å². The van der Waals surface area contributed by atoms with Crippen LogP contribution in [0.15, 0.2) is 67.0 Å². The van der Waals surface area contributed by atoms with E-state index in [-0.39, 0.29) is 6.04 Å². The molecule has 1 aliphatic heterocycles. The van der Waals surface area contributed by atoms with E-state index in [4.69, 9.17) is 0 Å². The highest BCUT2D eigenvalue weighted by atomic mass is 15.2. The predicted octanol–water partition coefficient (Wildman–Crippen LogP) is 3.58. The Morgan fingerprint density at radius 2 is 1.74 bits per heavy atom. The maximum atomic E-state index is 4.38. The average molecular weight is 247 g/mol. The highest BCUT2D eigenvalue weighted by molar-refractivity contribution is 5.65. The van der Waals surface area contributed by atoms with Gasteiger partial charge in [-0.15, -0.1) is 0 Å². The molecule has 0 amide bonds. The first-order chi connectivity index (χ1) is 9.43. The van der Waals surface area contributed by atoms with Gasteiger partial charge in [-0.3, -0.25) is 0 Å². The van der Waals surface area contributed by atoms with Crippen LogP contribution in [0.4, 0.5) is 11.6 Å². The van der Waals surface area contributed by atoms with Crippen LogP contribution in [0, 0.1) is 0 Å². The van der Waals surface area contributed by atoms with E-state index >= 15 is 0 Å². The summed E-state index contributed by atoms with van der Waals surface area (Å²) in [7, 11) is 0. The van der Waals surface area contributed by atoms with E-state index < -0.39 is 0 Å². The first-order valence-electron chi connectivity index (χ1n) is 6.37. The van der Waals surface area contributed by atoms with E-state index in [1.165, 1.54) is 11.1 Å². The molecule has 0 radical (unpaired) electrons. The van der Waals surface area contributed by atoms with Gasteiger partial charge in [0.15, 0.2) is 0 Å². The van der Waals surface area contributed by atoms with Crippen molar-refractivity contribution in [1.82, 2.24) is 9.55 Å². The lowest BCUT2D eigenvalue weighted by Gasteiger charge is -2.29. The molecule has 1 N–H and O–H groups in total. The van der Waals surface area contributed by atoms with E-state index in [0.717, 1.165) is 11.6 Å². The van der Waals surface area contributed by atoms with Crippen LogP contribution in [-0.2, 0) is 0 Å². The first kappa shape index (κ1) is 10.4. The molecule has 0 aliphatic carbocycles. The summed E-state index contributed by atoms with van der Waals surface area (Å²) in [6.07, 6.45) is 3.86. The van der Waals surface area contributed by atoms with E-state index in [9.17, 15) is 0 Å². The summed E-state index contributed by atoms with van der Waals surface area (Å²) in [6, 6.07) is 19.1. The van der Waals surface area contributed by atoms with Crippen molar-refractivity contribution in [2.24, 2.45) is 0 Å². The molecule has 92 valence electrons. The van der Waals surface area contributed by atoms with Gasteiger partial charge in [-0.1, -0.05) is 48.5 Å². The molecule has 3 heteroatoms. The zero-order chi connectivity index (χ0) is 12.7. The lowest BCUT2D eigenvalue weighted by atomic mass is 9.95. The minimum atomic E-state index is 0.191. The number of hydrogen-bond acceptors (Lipinski definition) is 2. The Morgan fingerprint density at radius 1 is 0.947 bits per heavy atom. The molecule has 2 heterocycles. The maximum Gasteiger partial charge on any atom is 0.208 e. The normalized spacial score (nSPS) is 16.3. The molecule has 0 fully saturated rings. The van der Waals surface area contributed by atoms with Gasteiger partial charge < -0.3 is 9.88 Å². The number of aromatic nitrogens is 2. The number of benzene rings is 2. The zero-order valence-corrected chi connectivity index (χ0v) is 10.3. The number of nitrogens with one attached hydrogen (secondary N) is 1. The summed E-state index contributed by atoms with van der Waals surface area (Å²) < 4.78 is 2.18. The third-order valence-electron chi connectivity index (χ3n) is 3.56. The van der Waals surface area contributed by atoms with Crippen molar-refractivity contribution in [2.75, 3.05) is 5.32 Å². The monoisotopic (exact) mass is 247 g/mol. The molecule has 3 nitrogen and oxygen atoms in total. The fraction of sp³-hybridized carbons (Fsp3) is 0.0625. The van der Waals surface area contributed by atoms with Crippen molar-refractivity contribution in [3.8, 4) is 0 Å². The van der Waals surface area contributed by atoms with Gasteiger partial charge in [0.2, 0.25) is 5.95 Å². The second-order valence-corrected chi connectivity index (χ2v) is 4.68. The molecule has 19 heavy (non-hydrogen) atoms. The summed E-state index contributed by atoms with van der Waals surface area (Å²) in [5.41, 5.74) is 3.69. The molecule has 1 aliphatic rings. The molecular formula is C16H13N3. The summed E-state index contributed by atoms with van der Waals surface area (Å²) in [5.74, 6) is 0.896. The lowest BCUT2D eigenvalue weighted by molar-refractivity contribution is 0.674. The molecule has 0 saturated carbocycles.